The Morgan fingerprint density at radius 2 is 2.00 bits per heavy atom. The summed E-state index contributed by atoms with van der Waals surface area (Å²) in [6.07, 6.45) is 2.02. The van der Waals surface area contributed by atoms with E-state index in [1.165, 1.54) is 10.6 Å². The Bertz CT molecular complexity index is 493. The average molecular weight is 325 g/mol. The Morgan fingerprint density at radius 3 is 2.56 bits per heavy atom. The van der Waals surface area contributed by atoms with Gasteiger partial charge in [-0.1, -0.05) is 28.1 Å². The smallest absolute Gasteiger partial charge is 0.0943 e. The molecular weight excluding hydrogens is 308 g/mol. The maximum absolute atomic E-state index is 4.53. The van der Waals surface area contributed by atoms with Crippen LogP contribution in [0, 0.1) is 6.92 Å². The van der Waals surface area contributed by atoms with Gasteiger partial charge in [0, 0.05) is 28.0 Å². The van der Waals surface area contributed by atoms with Gasteiger partial charge in [-0.25, -0.2) is 4.98 Å². The van der Waals surface area contributed by atoms with Crippen LogP contribution in [0.5, 0.6) is 0 Å². The number of nitrogens with zero attached hydrogens (tertiary/aromatic N) is 1. The fourth-order valence-corrected chi connectivity index (χ4v) is 3.01. The average Bonchev–Trinajstić information content (AvgIpc) is 2.77. The number of hydrogen-bond donors (Lipinski definition) is 1. The lowest BCUT2D eigenvalue weighted by atomic mass is 10.0. The second kappa shape index (κ2) is 6.45. The van der Waals surface area contributed by atoms with Gasteiger partial charge in [-0.2, -0.15) is 0 Å². The maximum Gasteiger partial charge on any atom is 0.0943 e. The molecule has 96 valence electrons. The van der Waals surface area contributed by atoms with Gasteiger partial charge in [-0.15, -0.1) is 11.3 Å². The molecule has 0 spiro atoms. The zero-order chi connectivity index (χ0) is 13.0. The molecule has 0 bridgehead atoms. The molecule has 1 aromatic carbocycles. The first-order valence-corrected chi connectivity index (χ1v) is 7.67. The van der Waals surface area contributed by atoms with Crippen LogP contribution in [0.15, 0.2) is 34.1 Å². The van der Waals surface area contributed by atoms with E-state index < -0.39 is 0 Å². The topological polar surface area (TPSA) is 24.9 Å². The van der Waals surface area contributed by atoms with E-state index in [1.54, 1.807) is 11.3 Å². The minimum absolute atomic E-state index is 0.441. The van der Waals surface area contributed by atoms with Crippen LogP contribution < -0.4 is 5.32 Å². The molecule has 2 nitrogen and oxygen atoms in total. The molecular formula is C14H17BrN2S. The van der Waals surface area contributed by atoms with Crippen molar-refractivity contribution < 1.29 is 0 Å². The monoisotopic (exact) mass is 324 g/mol. The van der Waals surface area contributed by atoms with Gasteiger partial charge >= 0.3 is 0 Å². The summed E-state index contributed by atoms with van der Waals surface area (Å²) in [5.41, 5.74) is 2.47. The molecule has 0 radical (unpaired) electrons. The highest BCUT2D eigenvalue weighted by molar-refractivity contribution is 9.10. The van der Waals surface area contributed by atoms with Crippen LogP contribution in [0.25, 0.3) is 0 Å². The standard InChI is InChI=1S/C14H17BrN2S/c1-10-9-18-14(17-10)8-13(16-2)7-11-3-5-12(15)6-4-11/h3-6,9,13,16H,7-8H2,1-2H3. The number of halogens is 1. The summed E-state index contributed by atoms with van der Waals surface area (Å²) in [4.78, 5) is 4.53. The van der Waals surface area contributed by atoms with E-state index >= 15 is 0 Å². The summed E-state index contributed by atoms with van der Waals surface area (Å²) in [5, 5.41) is 6.70. The van der Waals surface area contributed by atoms with Crippen LogP contribution >= 0.6 is 27.3 Å². The third kappa shape index (κ3) is 3.90. The number of likely N-dealkylation sites (N-methyl/N-ethyl adjacent to an activating group) is 1. The Morgan fingerprint density at radius 1 is 1.28 bits per heavy atom. The fraction of sp³-hybridized carbons (Fsp3) is 0.357. The first-order valence-electron chi connectivity index (χ1n) is 6.00. The molecule has 0 aliphatic carbocycles. The van der Waals surface area contributed by atoms with Gasteiger partial charge in [-0.05, 0) is 38.1 Å². The minimum Gasteiger partial charge on any atom is -0.316 e. The van der Waals surface area contributed by atoms with Crippen molar-refractivity contribution in [2.45, 2.75) is 25.8 Å². The van der Waals surface area contributed by atoms with Gasteiger partial charge in [0.2, 0.25) is 0 Å². The molecule has 1 atom stereocenters. The lowest BCUT2D eigenvalue weighted by Gasteiger charge is -2.14. The van der Waals surface area contributed by atoms with Crippen LogP contribution in [-0.2, 0) is 12.8 Å². The van der Waals surface area contributed by atoms with E-state index in [1.807, 2.05) is 14.0 Å². The molecule has 18 heavy (non-hydrogen) atoms. The predicted molar refractivity (Wildman–Crippen MR) is 81.2 cm³/mol. The molecule has 1 N–H and O–H groups in total. The number of rotatable bonds is 5. The van der Waals surface area contributed by atoms with E-state index in [0.29, 0.717) is 6.04 Å². The van der Waals surface area contributed by atoms with Crippen molar-refractivity contribution in [2.75, 3.05) is 7.05 Å². The zero-order valence-corrected chi connectivity index (χ0v) is 13.0. The number of aromatic nitrogens is 1. The van der Waals surface area contributed by atoms with Crippen molar-refractivity contribution in [2.24, 2.45) is 0 Å². The molecule has 1 heterocycles. The summed E-state index contributed by atoms with van der Waals surface area (Å²) in [6.45, 7) is 2.04. The Hall–Kier alpha value is -0.710. The lowest BCUT2D eigenvalue weighted by Crippen LogP contribution is -2.29. The third-order valence-electron chi connectivity index (χ3n) is 2.89. The molecule has 0 aliphatic rings. The Kier molecular flexibility index (Phi) is 4.92. The van der Waals surface area contributed by atoms with Gasteiger partial charge in [0.1, 0.15) is 0 Å². The van der Waals surface area contributed by atoms with E-state index in [2.05, 4.69) is 55.9 Å². The van der Waals surface area contributed by atoms with Crippen molar-refractivity contribution in [3.63, 3.8) is 0 Å². The maximum atomic E-state index is 4.53. The van der Waals surface area contributed by atoms with Gasteiger partial charge in [0.05, 0.1) is 5.01 Å². The SMILES string of the molecule is CNC(Cc1ccc(Br)cc1)Cc1nc(C)cs1. The van der Waals surface area contributed by atoms with E-state index in [-0.39, 0.29) is 0 Å². The van der Waals surface area contributed by atoms with Crippen LogP contribution in [0.1, 0.15) is 16.3 Å². The minimum atomic E-state index is 0.441. The summed E-state index contributed by atoms with van der Waals surface area (Å²) in [5.74, 6) is 0. The Balaban J connectivity index is 1.99. The van der Waals surface area contributed by atoms with E-state index in [4.69, 9.17) is 0 Å². The second-order valence-electron chi connectivity index (χ2n) is 4.40. The highest BCUT2D eigenvalue weighted by atomic mass is 79.9. The van der Waals surface area contributed by atoms with Gasteiger partial charge in [0.15, 0.2) is 0 Å². The molecule has 1 aromatic heterocycles. The Labute approximate surface area is 121 Å². The van der Waals surface area contributed by atoms with Crippen molar-refractivity contribution in [1.29, 1.82) is 0 Å². The number of thiazole rings is 1. The highest BCUT2D eigenvalue weighted by Crippen LogP contribution is 2.15. The molecule has 0 saturated carbocycles. The molecule has 1 unspecified atom stereocenters. The molecule has 4 heteroatoms. The number of nitrogens with one attached hydrogen (secondary N) is 1. The van der Waals surface area contributed by atoms with Crippen molar-refractivity contribution in [3.05, 3.63) is 50.4 Å². The van der Waals surface area contributed by atoms with Gasteiger partial charge in [0.25, 0.3) is 0 Å². The largest absolute Gasteiger partial charge is 0.316 e. The van der Waals surface area contributed by atoms with Gasteiger partial charge < -0.3 is 5.32 Å². The summed E-state index contributed by atoms with van der Waals surface area (Å²) >= 11 is 5.21. The molecule has 2 aromatic rings. The van der Waals surface area contributed by atoms with E-state index in [0.717, 1.165) is 23.0 Å². The normalized spacial score (nSPS) is 12.6. The number of aryl methyl sites for hydroxylation is 1. The first-order chi connectivity index (χ1) is 8.67. The third-order valence-corrected chi connectivity index (χ3v) is 4.41. The summed E-state index contributed by atoms with van der Waals surface area (Å²) in [7, 11) is 2.02. The van der Waals surface area contributed by atoms with E-state index in [9.17, 15) is 0 Å². The summed E-state index contributed by atoms with van der Waals surface area (Å²) in [6, 6.07) is 8.96. The van der Waals surface area contributed by atoms with Crippen molar-refractivity contribution >= 4 is 27.3 Å². The second-order valence-corrected chi connectivity index (χ2v) is 6.26. The first kappa shape index (κ1) is 13.7. The van der Waals surface area contributed by atoms with Crippen LogP contribution in [-0.4, -0.2) is 18.1 Å². The van der Waals surface area contributed by atoms with Gasteiger partial charge in [-0.3, -0.25) is 0 Å². The van der Waals surface area contributed by atoms with Crippen LogP contribution in [0.4, 0.5) is 0 Å². The number of benzene rings is 1. The zero-order valence-electron chi connectivity index (χ0n) is 10.6. The molecule has 0 aliphatic heterocycles. The molecule has 0 amide bonds. The fourth-order valence-electron chi connectivity index (χ4n) is 1.89. The lowest BCUT2D eigenvalue weighted by molar-refractivity contribution is 0.555. The van der Waals surface area contributed by atoms with Crippen molar-refractivity contribution in [3.8, 4) is 0 Å². The number of hydrogen-bond acceptors (Lipinski definition) is 3. The quantitative estimate of drug-likeness (QED) is 0.909. The molecule has 2 rings (SSSR count). The van der Waals surface area contributed by atoms with Crippen LogP contribution in [0.2, 0.25) is 0 Å². The van der Waals surface area contributed by atoms with Crippen molar-refractivity contribution in [1.82, 2.24) is 10.3 Å². The highest BCUT2D eigenvalue weighted by Gasteiger charge is 2.10. The van der Waals surface area contributed by atoms with Crippen LogP contribution in [0.3, 0.4) is 0 Å². The molecule has 0 fully saturated rings. The predicted octanol–water partition coefficient (Wildman–Crippen LogP) is 3.59. The summed E-state index contributed by atoms with van der Waals surface area (Å²) < 4.78 is 1.13. The molecule has 0 saturated heterocycles.